The van der Waals surface area contributed by atoms with E-state index in [0.717, 1.165) is 17.8 Å². The van der Waals surface area contributed by atoms with Gasteiger partial charge in [0.05, 0.1) is 0 Å². The molecule has 0 aromatic heterocycles. The van der Waals surface area contributed by atoms with Gasteiger partial charge in [-0.1, -0.05) is 42.0 Å². The van der Waals surface area contributed by atoms with Crippen LogP contribution in [0, 0.1) is 24.7 Å². The van der Waals surface area contributed by atoms with E-state index in [9.17, 15) is 0 Å². The van der Waals surface area contributed by atoms with Crippen molar-refractivity contribution in [3.8, 4) is 0 Å². The lowest BCUT2D eigenvalue weighted by atomic mass is 9.48. The monoisotopic (exact) mass is 276 g/mol. The van der Waals surface area contributed by atoms with Crippen LogP contribution in [0.4, 0.5) is 0 Å². The molecule has 4 bridgehead atoms. The molecule has 4 aliphatic rings. The van der Waals surface area contributed by atoms with Crippen molar-refractivity contribution in [2.45, 2.75) is 50.9 Å². The van der Waals surface area contributed by atoms with Gasteiger partial charge in [0.1, 0.15) is 0 Å². The minimum atomic E-state index is 0.536. The lowest BCUT2D eigenvalue weighted by Crippen LogP contribution is -2.48. The van der Waals surface area contributed by atoms with Gasteiger partial charge < -0.3 is 0 Å². The van der Waals surface area contributed by atoms with Gasteiger partial charge in [-0.3, -0.25) is 0 Å². The standard InChI is InChI=1S/C21H24/c1-14-2-3-19-10-20(5-4-18(19)6-14)21-11-15-7-16(12-21)9-17(8-15)13-21/h2-6,10,15-17H,7-9,11-13H2,1H3. The van der Waals surface area contributed by atoms with Crippen molar-refractivity contribution >= 4 is 10.8 Å². The second kappa shape index (κ2) is 4.12. The van der Waals surface area contributed by atoms with Crippen LogP contribution >= 0.6 is 0 Å². The Labute approximate surface area is 127 Å². The van der Waals surface area contributed by atoms with E-state index in [2.05, 4.69) is 43.3 Å². The summed E-state index contributed by atoms with van der Waals surface area (Å²) < 4.78 is 0. The quantitative estimate of drug-likeness (QED) is 0.634. The largest absolute Gasteiger partial charge is 0.0587 e. The number of hydrogen-bond donors (Lipinski definition) is 0. The highest BCUT2D eigenvalue weighted by Crippen LogP contribution is 2.60. The van der Waals surface area contributed by atoms with Gasteiger partial charge in [0.25, 0.3) is 0 Å². The van der Waals surface area contributed by atoms with Crippen molar-refractivity contribution < 1.29 is 0 Å². The predicted octanol–water partition coefficient (Wildman–Crippen LogP) is 5.62. The molecule has 108 valence electrons. The van der Waals surface area contributed by atoms with Crippen molar-refractivity contribution in [3.63, 3.8) is 0 Å². The van der Waals surface area contributed by atoms with Crippen LogP contribution in [0.15, 0.2) is 36.4 Å². The number of hydrogen-bond acceptors (Lipinski definition) is 0. The topological polar surface area (TPSA) is 0 Å². The highest BCUT2D eigenvalue weighted by atomic mass is 14.6. The maximum Gasteiger partial charge on any atom is -0.00388 e. The van der Waals surface area contributed by atoms with E-state index in [0.29, 0.717) is 5.41 Å². The zero-order valence-corrected chi connectivity index (χ0v) is 12.9. The van der Waals surface area contributed by atoms with Crippen molar-refractivity contribution in [3.05, 3.63) is 47.5 Å². The lowest BCUT2D eigenvalue weighted by molar-refractivity contribution is -0.00512. The Kier molecular flexibility index (Phi) is 2.41. The van der Waals surface area contributed by atoms with Crippen LogP contribution < -0.4 is 0 Å². The van der Waals surface area contributed by atoms with Crippen LogP contribution in [0.2, 0.25) is 0 Å². The predicted molar refractivity (Wildman–Crippen MR) is 88.5 cm³/mol. The van der Waals surface area contributed by atoms with Gasteiger partial charge in [0, 0.05) is 0 Å². The SMILES string of the molecule is Cc1ccc2cc(C34CC5CC(CC(C5)C3)C4)ccc2c1. The maximum atomic E-state index is 2.52. The Hall–Kier alpha value is -1.30. The molecule has 0 heterocycles. The second-order valence-electron chi connectivity index (χ2n) is 8.26. The van der Waals surface area contributed by atoms with Gasteiger partial charge in [-0.05, 0) is 85.0 Å². The molecule has 0 heteroatoms. The molecule has 0 spiro atoms. The summed E-state index contributed by atoms with van der Waals surface area (Å²) in [7, 11) is 0. The molecule has 6 rings (SSSR count). The molecule has 0 amide bonds. The Balaban J connectivity index is 1.62. The molecule has 2 aromatic rings. The van der Waals surface area contributed by atoms with Crippen LogP contribution in [0.5, 0.6) is 0 Å². The minimum Gasteiger partial charge on any atom is -0.0587 e. The van der Waals surface area contributed by atoms with E-state index in [1.807, 2.05) is 0 Å². The fraction of sp³-hybridized carbons (Fsp3) is 0.524. The molecular formula is C21H24. The highest BCUT2D eigenvalue weighted by molar-refractivity contribution is 5.84. The second-order valence-corrected chi connectivity index (χ2v) is 8.26. The Morgan fingerprint density at radius 3 is 2.00 bits per heavy atom. The summed E-state index contributed by atoms with van der Waals surface area (Å²) >= 11 is 0. The van der Waals surface area contributed by atoms with E-state index in [1.165, 1.54) is 54.9 Å². The third-order valence-electron chi connectivity index (χ3n) is 6.65. The molecule has 4 fully saturated rings. The molecule has 0 radical (unpaired) electrons. The Morgan fingerprint density at radius 2 is 1.33 bits per heavy atom. The molecule has 2 aromatic carbocycles. The van der Waals surface area contributed by atoms with Crippen molar-refractivity contribution in [2.24, 2.45) is 17.8 Å². The van der Waals surface area contributed by atoms with Crippen molar-refractivity contribution in [1.82, 2.24) is 0 Å². The van der Waals surface area contributed by atoms with Crippen LogP contribution in [0.1, 0.15) is 49.7 Å². The number of benzene rings is 2. The Morgan fingerprint density at radius 1 is 0.762 bits per heavy atom. The van der Waals surface area contributed by atoms with E-state index in [1.54, 1.807) is 5.56 Å². The molecule has 0 atom stereocenters. The van der Waals surface area contributed by atoms with Crippen LogP contribution in [-0.2, 0) is 5.41 Å². The van der Waals surface area contributed by atoms with E-state index < -0.39 is 0 Å². The number of rotatable bonds is 1. The van der Waals surface area contributed by atoms with Crippen molar-refractivity contribution in [2.75, 3.05) is 0 Å². The highest BCUT2D eigenvalue weighted by Gasteiger charge is 2.51. The first-order chi connectivity index (χ1) is 10.2. The van der Waals surface area contributed by atoms with E-state index in [-0.39, 0.29) is 0 Å². The summed E-state index contributed by atoms with van der Waals surface area (Å²) in [6, 6.07) is 14.2. The van der Waals surface area contributed by atoms with Gasteiger partial charge in [-0.15, -0.1) is 0 Å². The molecule has 0 saturated heterocycles. The average molecular weight is 276 g/mol. The van der Waals surface area contributed by atoms with Crippen LogP contribution in [0.25, 0.3) is 10.8 Å². The number of aryl methyl sites for hydroxylation is 1. The van der Waals surface area contributed by atoms with Gasteiger partial charge in [-0.25, -0.2) is 0 Å². The zero-order chi connectivity index (χ0) is 14.0. The molecule has 0 unspecified atom stereocenters. The fourth-order valence-corrected chi connectivity index (χ4v) is 6.16. The molecular weight excluding hydrogens is 252 g/mol. The lowest BCUT2D eigenvalue weighted by Gasteiger charge is -2.57. The third kappa shape index (κ3) is 1.81. The molecule has 0 aliphatic heterocycles. The normalized spacial score (nSPS) is 37.3. The molecule has 4 saturated carbocycles. The smallest absolute Gasteiger partial charge is 0.00388 e. The van der Waals surface area contributed by atoms with Crippen molar-refractivity contribution in [1.29, 1.82) is 0 Å². The summed E-state index contributed by atoms with van der Waals surface area (Å²) in [5, 5.41) is 2.84. The molecule has 21 heavy (non-hydrogen) atoms. The fourth-order valence-electron chi connectivity index (χ4n) is 6.16. The van der Waals surface area contributed by atoms with E-state index in [4.69, 9.17) is 0 Å². The minimum absolute atomic E-state index is 0.536. The van der Waals surface area contributed by atoms with Crippen LogP contribution in [0.3, 0.4) is 0 Å². The van der Waals surface area contributed by atoms with Gasteiger partial charge >= 0.3 is 0 Å². The summed E-state index contributed by atoms with van der Waals surface area (Å²) in [6.45, 7) is 2.19. The van der Waals surface area contributed by atoms with Gasteiger partial charge in [0.2, 0.25) is 0 Å². The third-order valence-corrected chi connectivity index (χ3v) is 6.65. The zero-order valence-electron chi connectivity index (χ0n) is 12.9. The molecule has 4 aliphatic carbocycles. The Bertz CT molecular complexity index is 674. The first-order valence-corrected chi connectivity index (χ1v) is 8.71. The molecule has 0 nitrogen and oxygen atoms in total. The van der Waals surface area contributed by atoms with Crippen LogP contribution in [-0.4, -0.2) is 0 Å². The molecule has 0 N–H and O–H groups in total. The summed E-state index contributed by atoms with van der Waals surface area (Å²) in [5.41, 5.74) is 3.55. The van der Waals surface area contributed by atoms with E-state index >= 15 is 0 Å². The first-order valence-electron chi connectivity index (χ1n) is 8.71. The van der Waals surface area contributed by atoms with Gasteiger partial charge in [0.15, 0.2) is 0 Å². The maximum absolute atomic E-state index is 2.52. The number of fused-ring (bicyclic) bond motifs is 1. The first kappa shape index (κ1) is 12.3. The van der Waals surface area contributed by atoms with Gasteiger partial charge in [-0.2, -0.15) is 0 Å². The summed E-state index contributed by atoms with van der Waals surface area (Å²) in [6.07, 6.45) is 9.01. The average Bonchev–Trinajstić information content (AvgIpc) is 2.45. The summed E-state index contributed by atoms with van der Waals surface area (Å²) in [5.74, 6) is 3.10. The summed E-state index contributed by atoms with van der Waals surface area (Å²) in [4.78, 5) is 0.